The first-order valence-electron chi connectivity index (χ1n) is 9.06. The van der Waals surface area contributed by atoms with Crippen molar-refractivity contribution >= 4 is 5.91 Å². The number of rotatable bonds is 4. The van der Waals surface area contributed by atoms with Gasteiger partial charge >= 0.3 is 0 Å². The van der Waals surface area contributed by atoms with Gasteiger partial charge in [0, 0.05) is 37.4 Å². The minimum absolute atomic E-state index is 0.0937. The largest absolute Gasteiger partial charge is 0.472 e. The van der Waals surface area contributed by atoms with Crippen molar-refractivity contribution in [3.63, 3.8) is 0 Å². The number of aryl methyl sites for hydroxylation is 1. The fourth-order valence-electron chi connectivity index (χ4n) is 3.85. The van der Waals surface area contributed by atoms with Crippen LogP contribution in [0.25, 0.3) is 0 Å². The average molecular weight is 327 g/mol. The van der Waals surface area contributed by atoms with Crippen molar-refractivity contribution in [3.05, 3.63) is 41.9 Å². The number of likely N-dealkylation sites (tertiary alicyclic amines) is 1. The van der Waals surface area contributed by atoms with Crippen molar-refractivity contribution < 1.29 is 9.21 Å². The summed E-state index contributed by atoms with van der Waals surface area (Å²) < 4.78 is 7.46. The van der Waals surface area contributed by atoms with Crippen LogP contribution >= 0.6 is 0 Å². The maximum atomic E-state index is 12.4. The van der Waals surface area contributed by atoms with Gasteiger partial charge in [-0.05, 0) is 44.6 Å². The Kier molecular flexibility index (Phi) is 4.17. The van der Waals surface area contributed by atoms with Gasteiger partial charge in [-0.1, -0.05) is 6.42 Å². The van der Waals surface area contributed by atoms with E-state index in [9.17, 15) is 4.79 Å². The molecule has 0 unspecified atom stereocenters. The Morgan fingerprint density at radius 2 is 2.08 bits per heavy atom. The summed E-state index contributed by atoms with van der Waals surface area (Å²) in [5, 5.41) is 0. The van der Waals surface area contributed by atoms with E-state index in [1.807, 2.05) is 11.1 Å². The second-order valence-corrected chi connectivity index (χ2v) is 7.24. The van der Waals surface area contributed by atoms with Crippen LogP contribution in [0.15, 0.2) is 29.2 Å². The van der Waals surface area contributed by atoms with Crippen molar-refractivity contribution in [3.8, 4) is 0 Å². The predicted molar refractivity (Wildman–Crippen MR) is 90.9 cm³/mol. The third-order valence-electron chi connectivity index (χ3n) is 5.67. The second-order valence-electron chi connectivity index (χ2n) is 7.24. The third-order valence-corrected chi connectivity index (χ3v) is 5.67. The zero-order chi connectivity index (χ0) is 16.5. The van der Waals surface area contributed by atoms with Gasteiger partial charge in [0.2, 0.25) is 0 Å². The number of hydrogen-bond donors (Lipinski definition) is 0. The number of carbonyl (C=O) groups excluding carboxylic acids is 1. The third kappa shape index (κ3) is 2.87. The zero-order valence-corrected chi connectivity index (χ0v) is 14.3. The maximum Gasteiger partial charge on any atom is 0.257 e. The Balaban J connectivity index is 1.37. The summed E-state index contributed by atoms with van der Waals surface area (Å²) in [6, 6.07) is 1.74. The van der Waals surface area contributed by atoms with Gasteiger partial charge in [-0.25, -0.2) is 4.98 Å². The molecule has 0 aromatic carbocycles. The quantitative estimate of drug-likeness (QED) is 0.862. The van der Waals surface area contributed by atoms with Crippen molar-refractivity contribution in [2.24, 2.45) is 5.92 Å². The summed E-state index contributed by atoms with van der Waals surface area (Å²) in [6.07, 6.45) is 11.1. The molecule has 1 saturated heterocycles. The van der Waals surface area contributed by atoms with Crippen LogP contribution in [0.2, 0.25) is 0 Å². The maximum absolute atomic E-state index is 12.4. The van der Waals surface area contributed by atoms with E-state index >= 15 is 0 Å². The molecular formula is C19H25N3O2. The standard InChI is InChI=1S/C19H25N3O2/c1-14-11-20-18(16-3-2-4-16)22(14)12-15-5-8-21(9-6-15)19(23)17-7-10-24-13-17/h7,10-11,13,15-16H,2-6,8-9,12H2,1H3. The number of carbonyl (C=O) groups is 1. The van der Waals surface area contributed by atoms with E-state index in [4.69, 9.17) is 4.42 Å². The molecular weight excluding hydrogens is 302 g/mol. The van der Waals surface area contributed by atoms with Crippen LogP contribution in [0.5, 0.6) is 0 Å². The van der Waals surface area contributed by atoms with Crippen LogP contribution < -0.4 is 0 Å². The molecule has 2 fully saturated rings. The number of amides is 1. The molecule has 0 radical (unpaired) electrons. The van der Waals surface area contributed by atoms with E-state index in [0.717, 1.165) is 32.5 Å². The van der Waals surface area contributed by atoms with Gasteiger partial charge in [0.25, 0.3) is 5.91 Å². The fourth-order valence-corrected chi connectivity index (χ4v) is 3.85. The molecule has 0 spiro atoms. The van der Waals surface area contributed by atoms with E-state index in [1.165, 1.54) is 37.0 Å². The molecule has 1 saturated carbocycles. The SMILES string of the molecule is Cc1cnc(C2CCC2)n1CC1CCN(C(=O)c2ccoc2)CC1. The normalized spacial score (nSPS) is 19.5. The Bertz CT molecular complexity index is 692. The van der Waals surface area contributed by atoms with E-state index < -0.39 is 0 Å². The van der Waals surface area contributed by atoms with E-state index in [-0.39, 0.29) is 5.91 Å². The highest BCUT2D eigenvalue weighted by atomic mass is 16.3. The lowest BCUT2D eigenvalue weighted by molar-refractivity contribution is 0.0681. The fraction of sp³-hybridized carbons (Fsp3) is 0.579. The van der Waals surface area contributed by atoms with Gasteiger partial charge in [-0.2, -0.15) is 0 Å². The average Bonchev–Trinajstić information content (AvgIpc) is 3.19. The number of imidazole rings is 1. The van der Waals surface area contributed by atoms with Gasteiger partial charge in [0.05, 0.1) is 11.8 Å². The summed E-state index contributed by atoms with van der Waals surface area (Å²) >= 11 is 0. The lowest BCUT2D eigenvalue weighted by Crippen LogP contribution is -2.39. The van der Waals surface area contributed by atoms with Gasteiger partial charge < -0.3 is 13.9 Å². The number of hydrogen-bond acceptors (Lipinski definition) is 3. The molecule has 128 valence electrons. The highest BCUT2D eigenvalue weighted by molar-refractivity contribution is 5.93. The van der Waals surface area contributed by atoms with Crippen molar-refractivity contribution in [2.75, 3.05) is 13.1 Å². The summed E-state index contributed by atoms with van der Waals surface area (Å²) in [7, 11) is 0. The van der Waals surface area contributed by atoms with Crippen molar-refractivity contribution in [1.82, 2.24) is 14.5 Å². The van der Waals surface area contributed by atoms with Gasteiger partial charge in [-0.3, -0.25) is 4.79 Å². The molecule has 3 heterocycles. The van der Waals surface area contributed by atoms with E-state index in [1.54, 1.807) is 12.3 Å². The summed E-state index contributed by atoms with van der Waals surface area (Å²) in [4.78, 5) is 19.0. The van der Waals surface area contributed by atoms with Crippen LogP contribution in [-0.2, 0) is 6.54 Å². The molecule has 4 rings (SSSR count). The first-order valence-corrected chi connectivity index (χ1v) is 9.06. The van der Waals surface area contributed by atoms with Crippen LogP contribution in [-0.4, -0.2) is 33.4 Å². The van der Waals surface area contributed by atoms with Gasteiger partial charge in [0.15, 0.2) is 0 Å². The van der Waals surface area contributed by atoms with E-state index in [0.29, 0.717) is 17.4 Å². The Morgan fingerprint density at radius 1 is 1.29 bits per heavy atom. The number of nitrogens with zero attached hydrogens (tertiary/aromatic N) is 3. The second kappa shape index (κ2) is 6.46. The topological polar surface area (TPSA) is 51.3 Å². The first-order chi connectivity index (χ1) is 11.7. The van der Waals surface area contributed by atoms with Gasteiger partial charge in [0.1, 0.15) is 12.1 Å². The van der Waals surface area contributed by atoms with Crippen LogP contribution in [0.1, 0.15) is 59.9 Å². The highest BCUT2D eigenvalue weighted by Gasteiger charge is 2.28. The lowest BCUT2D eigenvalue weighted by atomic mass is 9.84. The lowest BCUT2D eigenvalue weighted by Gasteiger charge is -2.33. The van der Waals surface area contributed by atoms with Gasteiger partial charge in [-0.15, -0.1) is 0 Å². The molecule has 1 aliphatic carbocycles. The molecule has 2 aromatic heterocycles. The minimum atomic E-state index is 0.0937. The first kappa shape index (κ1) is 15.5. The molecule has 0 atom stereocenters. The number of aromatic nitrogens is 2. The van der Waals surface area contributed by atoms with Crippen molar-refractivity contribution in [1.29, 1.82) is 0 Å². The number of piperidine rings is 1. The molecule has 5 heteroatoms. The Hall–Kier alpha value is -2.04. The molecule has 0 N–H and O–H groups in total. The zero-order valence-electron chi connectivity index (χ0n) is 14.3. The summed E-state index contributed by atoms with van der Waals surface area (Å²) in [5.41, 5.74) is 1.93. The predicted octanol–water partition coefficient (Wildman–Crippen LogP) is 3.60. The molecule has 1 aliphatic heterocycles. The van der Waals surface area contributed by atoms with Crippen LogP contribution in [0, 0.1) is 12.8 Å². The Labute approximate surface area is 142 Å². The minimum Gasteiger partial charge on any atom is -0.472 e. The molecule has 2 aliphatic rings. The highest BCUT2D eigenvalue weighted by Crippen LogP contribution is 2.36. The molecule has 24 heavy (non-hydrogen) atoms. The smallest absolute Gasteiger partial charge is 0.257 e. The summed E-state index contributed by atoms with van der Waals surface area (Å²) in [5.74, 6) is 2.68. The van der Waals surface area contributed by atoms with Crippen LogP contribution in [0.3, 0.4) is 0 Å². The molecule has 2 aromatic rings. The monoisotopic (exact) mass is 327 g/mol. The molecule has 5 nitrogen and oxygen atoms in total. The van der Waals surface area contributed by atoms with Crippen LogP contribution in [0.4, 0.5) is 0 Å². The number of furan rings is 1. The summed E-state index contributed by atoms with van der Waals surface area (Å²) in [6.45, 7) is 4.88. The van der Waals surface area contributed by atoms with Crippen molar-refractivity contribution in [2.45, 2.75) is 51.5 Å². The van der Waals surface area contributed by atoms with E-state index in [2.05, 4.69) is 16.5 Å². The Morgan fingerprint density at radius 3 is 2.71 bits per heavy atom. The molecule has 0 bridgehead atoms. The molecule has 1 amide bonds.